The highest BCUT2D eigenvalue weighted by atomic mass is 35.5. The van der Waals surface area contributed by atoms with Gasteiger partial charge in [-0.15, -0.1) is 11.3 Å². The molecule has 1 aromatic heterocycles. The molecule has 0 aliphatic heterocycles. The van der Waals surface area contributed by atoms with Crippen LogP contribution in [0.15, 0.2) is 6.07 Å². The van der Waals surface area contributed by atoms with Gasteiger partial charge in [-0.2, -0.15) is 0 Å². The third kappa shape index (κ3) is 3.74. The highest BCUT2D eigenvalue weighted by molar-refractivity contribution is 7.18. The molecule has 0 N–H and O–H groups in total. The molecule has 0 aliphatic rings. The third-order valence-corrected chi connectivity index (χ3v) is 4.38. The minimum atomic E-state index is 0.116. The highest BCUT2D eigenvalue weighted by Gasteiger charge is 2.13. The normalized spacial score (nSPS) is 11.1. The Hall–Kier alpha value is -0.0900. The van der Waals surface area contributed by atoms with Gasteiger partial charge in [-0.3, -0.25) is 4.79 Å². The van der Waals surface area contributed by atoms with Crippen LogP contribution in [0, 0.1) is 0 Å². The Balaban J connectivity index is 2.52. The van der Waals surface area contributed by atoms with Gasteiger partial charge in [0.05, 0.1) is 9.90 Å². The van der Waals surface area contributed by atoms with Crippen LogP contribution in [0.25, 0.3) is 0 Å². The molecule has 0 saturated heterocycles. The molecule has 0 spiro atoms. The molecular formula is C11H15Cl2NOS. The lowest BCUT2D eigenvalue weighted by atomic mass is 10.2. The van der Waals surface area contributed by atoms with Gasteiger partial charge in [0.1, 0.15) is 4.34 Å². The van der Waals surface area contributed by atoms with Gasteiger partial charge in [-0.25, -0.2) is 0 Å². The van der Waals surface area contributed by atoms with Crippen LogP contribution in [0.5, 0.6) is 0 Å². The number of hydrogen-bond acceptors (Lipinski definition) is 3. The summed E-state index contributed by atoms with van der Waals surface area (Å²) < 4.78 is 0.493. The van der Waals surface area contributed by atoms with Gasteiger partial charge in [0.15, 0.2) is 5.78 Å². The van der Waals surface area contributed by atoms with Crippen molar-refractivity contribution in [3.63, 3.8) is 0 Å². The van der Waals surface area contributed by atoms with Crippen molar-refractivity contribution in [3.05, 3.63) is 20.3 Å². The topological polar surface area (TPSA) is 20.3 Å². The summed E-state index contributed by atoms with van der Waals surface area (Å²) >= 11 is 12.9. The first-order chi connectivity index (χ1) is 7.58. The SMILES string of the molecule is CCN(CC)CCC(=O)c1cc(Cl)c(Cl)s1. The average Bonchev–Trinajstić information content (AvgIpc) is 2.60. The van der Waals surface area contributed by atoms with E-state index in [1.165, 1.54) is 11.3 Å². The van der Waals surface area contributed by atoms with Gasteiger partial charge in [0, 0.05) is 13.0 Å². The van der Waals surface area contributed by atoms with Gasteiger partial charge in [-0.1, -0.05) is 37.0 Å². The number of carbonyl (C=O) groups excluding carboxylic acids is 1. The van der Waals surface area contributed by atoms with E-state index in [0.717, 1.165) is 19.6 Å². The summed E-state index contributed by atoms with van der Waals surface area (Å²) in [5, 5.41) is 0.470. The van der Waals surface area contributed by atoms with Crippen LogP contribution < -0.4 is 0 Å². The molecule has 0 atom stereocenters. The monoisotopic (exact) mass is 279 g/mol. The van der Waals surface area contributed by atoms with E-state index in [4.69, 9.17) is 23.2 Å². The molecule has 0 aliphatic carbocycles. The standard InChI is InChI=1S/C11H15Cl2NOS/c1-3-14(4-2)6-5-9(15)10-7-8(12)11(13)16-10/h7H,3-6H2,1-2H3. The van der Waals surface area contributed by atoms with Crippen LogP contribution in [0.2, 0.25) is 9.36 Å². The number of rotatable bonds is 6. The maximum absolute atomic E-state index is 11.8. The Labute approximate surface area is 110 Å². The van der Waals surface area contributed by atoms with Crippen LogP contribution in [0.3, 0.4) is 0 Å². The van der Waals surface area contributed by atoms with Crippen molar-refractivity contribution in [3.8, 4) is 0 Å². The van der Waals surface area contributed by atoms with E-state index in [1.54, 1.807) is 6.07 Å². The van der Waals surface area contributed by atoms with E-state index in [2.05, 4.69) is 18.7 Å². The summed E-state index contributed by atoms with van der Waals surface area (Å²) in [6.45, 7) is 6.91. The molecular weight excluding hydrogens is 265 g/mol. The first-order valence-electron chi connectivity index (χ1n) is 5.28. The first kappa shape index (κ1) is 14.0. The molecule has 0 bridgehead atoms. The Kier molecular flexibility index (Phi) is 5.76. The summed E-state index contributed by atoms with van der Waals surface area (Å²) in [5.74, 6) is 0.116. The van der Waals surface area contributed by atoms with Gasteiger partial charge in [0.25, 0.3) is 0 Å². The van der Waals surface area contributed by atoms with Crippen molar-refractivity contribution in [1.29, 1.82) is 0 Å². The summed E-state index contributed by atoms with van der Waals surface area (Å²) in [6.07, 6.45) is 0.523. The Morgan fingerprint density at radius 1 is 1.38 bits per heavy atom. The smallest absolute Gasteiger partial charge is 0.174 e. The highest BCUT2D eigenvalue weighted by Crippen LogP contribution is 2.32. The van der Waals surface area contributed by atoms with Crippen LogP contribution in [0.1, 0.15) is 29.9 Å². The maximum atomic E-state index is 11.8. The third-order valence-electron chi connectivity index (χ3n) is 2.47. The van der Waals surface area contributed by atoms with Crippen LogP contribution in [-0.4, -0.2) is 30.3 Å². The molecule has 0 saturated carbocycles. The molecule has 0 aromatic carbocycles. The number of ketones is 1. The molecule has 1 rings (SSSR count). The predicted octanol–water partition coefficient (Wildman–Crippen LogP) is 3.97. The number of Topliss-reactive ketones (excluding diaryl/α,β-unsaturated/α-hetero) is 1. The van der Waals surface area contributed by atoms with Gasteiger partial charge >= 0.3 is 0 Å². The van der Waals surface area contributed by atoms with Crippen molar-refractivity contribution in [2.75, 3.05) is 19.6 Å². The second-order valence-electron chi connectivity index (χ2n) is 3.43. The van der Waals surface area contributed by atoms with Crippen molar-refractivity contribution in [1.82, 2.24) is 4.90 Å². The quantitative estimate of drug-likeness (QED) is 0.735. The van der Waals surface area contributed by atoms with Crippen molar-refractivity contribution in [2.24, 2.45) is 0 Å². The molecule has 90 valence electrons. The van der Waals surface area contributed by atoms with E-state index in [-0.39, 0.29) is 5.78 Å². The molecule has 5 heteroatoms. The van der Waals surface area contributed by atoms with Crippen molar-refractivity contribution >= 4 is 40.3 Å². The molecule has 1 aromatic rings. The van der Waals surface area contributed by atoms with Crippen LogP contribution >= 0.6 is 34.5 Å². The lowest BCUT2D eigenvalue weighted by molar-refractivity contribution is 0.0970. The van der Waals surface area contributed by atoms with E-state index >= 15 is 0 Å². The van der Waals surface area contributed by atoms with Crippen molar-refractivity contribution in [2.45, 2.75) is 20.3 Å². The van der Waals surface area contributed by atoms with E-state index in [0.29, 0.717) is 20.7 Å². The summed E-state index contributed by atoms with van der Waals surface area (Å²) in [4.78, 5) is 14.7. The largest absolute Gasteiger partial charge is 0.303 e. The summed E-state index contributed by atoms with van der Waals surface area (Å²) in [7, 11) is 0. The second kappa shape index (κ2) is 6.60. The van der Waals surface area contributed by atoms with E-state index < -0.39 is 0 Å². The maximum Gasteiger partial charge on any atom is 0.174 e. The van der Waals surface area contributed by atoms with Crippen LogP contribution in [-0.2, 0) is 0 Å². The molecule has 2 nitrogen and oxygen atoms in total. The van der Waals surface area contributed by atoms with Gasteiger partial charge in [0.2, 0.25) is 0 Å². The fourth-order valence-corrected chi connectivity index (χ4v) is 2.74. The first-order valence-corrected chi connectivity index (χ1v) is 6.86. The zero-order chi connectivity index (χ0) is 12.1. The Morgan fingerprint density at radius 3 is 2.44 bits per heavy atom. The lowest BCUT2D eigenvalue weighted by Gasteiger charge is -2.16. The van der Waals surface area contributed by atoms with E-state index in [1.807, 2.05) is 0 Å². The zero-order valence-electron chi connectivity index (χ0n) is 9.43. The number of carbonyl (C=O) groups is 1. The fourth-order valence-electron chi connectivity index (χ4n) is 1.41. The molecule has 0 fully saturated rings. The van der Waals surface area contributed by atoms with Crippen molar-refractivity contribution < 1.29 is 4.79 Å². The zero-order valence-corrected chi connectivity index (χ0v) is 11.8. The molecule has 0 unspecified atom stereocenters. The van der Waals surface area contributed by atoms with Crippen LogP contribution in [0.4, 0.5) is 0 Å². The second-order valence-corrected chi connectivity index (χ2v) is 5.49. The summed E-state index contributed by atoms with van der Waals surface area (Å²) in [6, 6.07) is 1.65. The number of nitrogens with zero attached hydrogens (tertiary/aromatic N) is 1. The Bertz CT molecular complexity index is 341. The average molecular weight is 280 g/mol. The number of thiophene rings is 1. The lowest BCUT2D eigenvalue weighted by Crippen LogP contribution is -2.25. The van der Waals surface area contributed by atoms with Gasteiger partial charge in [-0.05, 0) is 19.2 Å². The Morgan fingerprint density at radius 2 is 2.00 bits per heavy atom. The molecule has 0 radical (unpaired) electrons. The molecule has 1 heterocycles. The predicted molar refractivity (Wildman–Crippen MR) is 71.1 cm³/mol. The number of hydrogen-bond donors (Lipinski definition) is 0. The number of halogens is 2. The van der Waals surface area contributed by atoms with Gasteiger partial charge < -0.3 is 4.90 Å². The molecule has 0 amide bonds. The van der Waals surface area contributed by atoms with E-state index in [9.17, 15) is 4.79 Å². The minimum absolute atomic E-state index is 0.116. The minimum Gasteiger partial charge on any atom is -0.303 e. The molecule has 16 heavy (non-hydrogen) atoms. The summed E-state index contributed by atoms with van der Waals surface area (Å²) in [5.41, 5.74) is 0. The fraction of sp³-hybridized carbons (Fsp3) is 0.545.